The number of aryl methyl sites for hydroxylation is 2. The van der Waals surface area contributed by atoms with Crippen LogP contribution >= 0.6 is 0 Å². The molecule has 0 saturated heterocycles. The van der Waals surface area contributed by atoms with E-state index >= 15 is 0 Å². The van der Waals surface area contributed by atoms with Crippen molar-refractivity contribution in [2.45, 2.75) is 51.0 Å². The Labute approximate surface area is 91.5 Å². The highest BCUT2D eigenvalue weighted by atomic mass is 16.5. The van der Waals surface area contributed by atoms with E-state index in [-0.39, 0.29) is 5.60 Å². The molecule has 1 aliphatic carbocycles. The van der Waals surface area contributed by atoms with Crippen molar-refractivity contribution >= 4 is 0 Å². The van der Waals surface area contributed by atoms with Gasteiger partial charge in [0.25, 0.3) is 0 Å². The van der Waals surface area contributed by atoms with Gasteiger partial charge < -0.3 is 4.74 Å². The van der Waals surface area contributed by atoms with Crippen LogP contribution in [0, 0.1) is 6.92 Å². The lowest BCUT2D eigenvalue weighted by Gasteiger charge is -2.35. The largest absolute Gasteiger partial charge is 0.487 e. The summed E-state index contributed by atoms with van der Waals surface area (Å²) >= 11 is 0. The van der Waals surface area contributed by atoms with E-state index in [0.29, 0.717) is 0 Å². The Hall–Kier alpha value is -0.980. The van der Waals surface area contributed by atoms with E-state index < -0.39 is 0 Å². The zero-order valence-electron chi connectivity index (χ0n) is 9.38. The maximum atomic E-state index is 6.26. The summed E-state index contributed by atoms with van der Waals surface area (Å²) in [5.41, 5.74) is 2.92. The van der Waals surface area contributed by atoms with Crippen LogP contribution in [0.5, 0.6) is 5.75 Å². The summed E-state index contributed by atoms with van der Waals surface area (Å²) in [5, 5.41) is 0. The lowest BCUT2D eigenvalue weighted by atomic mass is 9.89. The van der Waals surface area contributed by atoms with Crippen LogP contribution in [0.2, 0.25) is 0 Å². The lowest BCUT2D eigenvalue weighted by molar-refractivity contribution is 0.0532. The first-order valence-electron chi connectivity index (χ1n) is 6.06. The summed E-state index contributed by atoms with van der Waals surface area (Å²) in [4.78, 5) is 0. The zero-order valence-corrected chi connectivity index (χ0v) is 9.38. The number of ether oxygens (including phenoxy) is 1. The summed E-state index contributed by atoms with van der Waals surface area (Å²) in [5.74, 6) is 1.16. The van der Waals surface area contributed by atoms with Crippen molar-refractivity contribution in [1.82, 2.24) is 0 Å². The molecule has 0 amide bonds. The van der Waals surface area contributed by atoms with Crippen molar-refractivity contribution in [3.8, 4) is 5.75 Å². The number of rotatable bonds is 0. The fourth-order valence-corrected chi connectivity index (χ4v) is 2.98. The molecular formula is C14H18O. The first-order chi connectivity index (χ1) is 7.27. The van der Waals surface area contributed by atoms with Gasteiger partial charge in [0.15, 0.2) is 0 Å². The van der Waals surface area contributed by atoms with Gasteiger partial charge in [0.1, 0.15) is 11.4 Å². The van der Waals surface area contributed by atoms with Crippen molar-refractivity contribution < 1.29 is 4.74 Å². The van der Waals surface area contributed by atoms with E-state index in [2.05, 4.69) is 25.1 Å². The molecule has 0 atom stereocenters. The SMILES string of the molecule is Cc1ccc2c(c1)OC1(CCCC1)CC2. The number of hydrogen-bond donors (Lipinski definition) is 0. The minimum Gasteiger partial charge on any atom is -0.487 e. The first-order valence-corrected chi connectivity index (χ1v) is 6.06. The van der Waals surface area contributed by atoms with Gasteiger partial charge in [-0.15, -0.1) is 0 Å². The lowest BCUT2D eigenvalue weighted by Crippen LogP contribution is -2.36. The third-order valence-electron chi connectivity index (χ3n) is 3.91. The molecular weight excluding hydrogens is 184 g/mol. The second-order valence-electron chi connectivity index (χ2n) is 5.10. The van der Waals surface area contributed by atoms with Crippen molar-refractivity contribution in [3.05, 3.63) is 29.3 Å². The van der Waals surface area contributed by atoms with Crippen molar-refractivity contribution in [1.29, 1.82) is 0 Å². The Morgan fingerprint density at radius 3 is 2.73 bits per heavy atom. The highest BCUT2D eigenvalue weighted by Crippen LogP contribution is 2.43. The van der Waals surface area contributed by atoms with E-state index in [0.717, 1.165) is 5.75 Å². The van der Waals surface area contributed by atoms with Crippen LogP contribution in [-0.2, 0) is 6.42 Å². The van der Waals surface area contributed by atoms with Gasteiger partial charge in [0.2, 0.25) is 0 Å². The molecule has 1 aliphatic heterocycles. The van der Waals surface area contributed by atoms with Crippen molar-refractivity contribution in [3.63, 3.8) is 0 Å². The van der Waals surface area contributed by atoms with Crippen LogP contribution < -0.4 is 4.74 Å². The van der Waals surface area contributed by atoms with Gasteiger partial charge in [-0.05, 0) is 62.6 Å². The fraction of sp³-hybridized carbons (Fsp3) is 0.571. The third kappa shape index (κ3) is 1.54. The van der Waals surface area contributed by atoms with E-state index in [9.17, 15) is 0 Å². The number of fused-ring (bicyclic) bond motifs is 1. The van der Waals surface area contributed by atoms with Crippen LogP contribution in [0.15, 0.2) is 18.2 Å². The van der Waals surface area contributed by atoms with Gasteiger partial charge in [-0.3, -0.25) is 0 Å². The quantitative estimate of drug-likeness (QED) is 0.624. The van der Waals surface area contributed by atoms with Gasteiger partial charge in [-0.2, -0.15) is 0 Å². The number of hydrogen-bond acceptors (Lipinski definition) is 1. The van der Waals surface area contributed by atoms with Gasteiger partial charge in [0, 0.05) is 0 Å². The van der Waals surface area contributed by atoms with Gasteiger partial charge in [-0.25, -0.2) is 0 Å². The maximum absolute atomic E-state index is 6.26. The van der Waals surface area contributed by atoms with E-state index in [4.69, 9.17) is 4.74 Å². The van der Waals surface area contributed by atoms with Crippen LogP contribution in [0.1, 0.15) is 43.2 Å². The molecule has 1 heterocycles. The topological polar surface area (TPSA) is 9.23 Å². The molecule has 1 fully saturated rings. The molecule has 0 radical (unpaired) electrons. The normalized spacial score (nSPS) is 22.5. The second kappa shape index (κ2) is 3.26. The predicted molar refractivity (Wildman–Crippen MR) is 61.3 cm³/mol. The molecule has 1 saturated carbocycles. The van der Waals surface area contributed by atoms with E-state index in [1.54, 1.807) is 0 Å². The molecule has 3 rings (SSSR count). The van der Waals surface area contributed by atoms with Gasteiger partial charge >= 0.3 is 0 Å². The average Bonchev–Trinajstić information content (AvgIpc) is 2.66. The fourth-order valence-electron chi connectivity index (χ4n) is 2.98. The van der Waals surface area contributed by atoms with Gasteiger partial charge in [0.05, 0.1) is 0 Å². The van der Waals surface area contributed by atoms with E-state index in [1.807, 2.05) is 0 Å². The average molecular weight is 202 g/mol. The van der Waals surface area contributed by atoms with Crippen LogP contribution in [0.25, 0.3) is 0 Å². The molecule has 1 aromatic carbocycles. The predicted octanol–water partition coefficient (Wildman–Crippen LogP) is 3.63. The Kier molecular flexibility index (Phi) is 2.01. The summed E-state index contributed by atoms with van der Waals surface area (Å²) in [6, 6.07) is 6.62. The Bertz CT molecular complexity index is 375. The number of benzene rings is 1. The zero-order chi connectivity index (χ0) is 10.3. The van der Waals surface area contributed by atoms with E-state index in [1.165, 1.54) is 49.7 Å². The summed E-state index contributed by atoms with van der Waals surface area (Å²) in [6.45, 7) is 2.14. The molecule has 15 heavy (non-hydrogen) atoms. The molecule has 2 aliphatic rings. The summed E-state index contributed by atoms with van der Waals surface area (Å²) in [6.07, 6.45) is 7.65. The smallest absolute Gasteiger partial charge is 0.123 e. The molecule has 1 nitrogen and oxygen atoms in total. The minimum absolute atomic E-state index is 0.209. The maximum Gasteiger partial charge on any atom is 0.123 e. The molecule has 0 aromatic heterocycles. The summed E-state index contributed by atoms with van der Waals surface area (Å²) < 4.78 is 6.26. The van der Waals surface area contributed by atoms with Gasteiger partial charge in [-0.1, -0.05) is 12.1 Å². The molecule has 0 unspecified atom stereocenters. The van der Waals surface area contributed by atoms with Crippen molar-refractivity contribution in [2.24, 2.45) is 0 Å². The highest BCUT2D eigenvalue weighted by molar-refractivity contribution is 5.39. The van der Waals surface area contributed by atoms with Crippen LogP contribution in [0.4, 0.5) is 0 Å². The highest BCUT2D eigenvalue weighted by Gasteiger charge is 2.38. The third-order valence-corrected chi connectivity index (χ3v) is 3.91. The second-order valence-corrected chi connectivity index (χ2v) is 5.10. The van der Waals surface area contributed by atoms with Crippen LogP contribution in [-0.4, -0.2) is 5.60 Å². The molecule has 1 heteroatoms. The Morgan fingerprint density at radius 1 is 1.13 bits per heavy atom. The van der Waals surface area contributed by atoms with Crippen molar-refractivity contribution in [2.75, 3.05) is 0 Å². The standard InChI is InChI=1S/C14H18O/c1-11-4-5-12-6-9-14(7-2-3-8-14)15-13(12)10-11/h4-5,10H,2-3,6-9H2,1H3. The van der Waals surface area contributed by atoms with Crippen LogP contribution in [0.3, 0.4) is 0 Å². The molecule has 80 valence electrons. The monoisotopic (exact) mass is 202 g/mol. The first kappa shape index (κ1) is 9.26. The molecule has 0 N–H and O–H groups in total. The summed E-state index contributed by atoms with van der Waals surface area (Å²) in [7, 11) is 0. The minimum atomic E-state index is 0.209. The molecule has 1 spiro atoms. The molecule has 0 bridgehead atoms. The Morgan fingerprint density at radius 2 is 1.93 bits per heavy atom. The Balaban J connectivity index is 1.94. The molecule has 1 aromatic rings.